The highest BCUT2D eigenvalue weighted by atomic mass is 16.7. The van der Waals surface area contributed by atoms with Crippen LogP contribution in [0.5, 0.6) is 0 Å². The monoisotopic (exact) mass is 212 g/mol. The van der Waals surface area contributed by atoms with Crippen molar-refractivity contribution in [2.45, 2.75) is 65.3 Å². The first kappa shape index (κ1) is 11.4. The van der Waals surface area contributed by atoms with Crippen molar-refractivity contribution in [1.29, 1.82) is 0 Å². The van der Waals surface area contributed by atoms with E-state index in [0.29, 0.717) is 17.4 Å². The zero-order chi connectivity index (χ0) is 11.1. The van der Waals surface area contributed by atoms with E-state index >= 15 is 0 Å². The Morgan fingerprint density at radius 2 is 1.87 bits per heavy atom. The third kappa shape index (κ3) is 2.54. The normalized spacial score (nSPS) is 45.6. The maximum absolute atomic E-state index is 6.10. The van der Waals surface area contributed by atoms with Crippen LogP contribution < -0.4 is 0 Å². The molecule has 1 saturated carbocycles. The first-order chi connectivity index (χ1) is 6.91. The van der Waals surface area contributed by atoms with Crippen LogP contribution >= 0.6 is 0 Å². The van der Waals surface area contributed by atoms with Gasteiger partial charge in [-0.05, 0) is 31.1 Å². The molecule has 0 aromatic carbocycles. The van der Waals surface area contributed by atoms with Crippen molar-refractivity contribution >= 4 is 0 Å². The Balaban J connectivity index is 2.12. The van der Waals surface area contributed by atoms with Crippen molar-refractivity contribution in [2.75, 3.05) is 6.61 Å². The molecule has 2 nitrogen and oxygen atoms in total. The van der Waals surface area contributed by atoms with Crippen molar-refractivity contribution in [1.82, 2.24) is 0 Å². The molecule has 0 unspecified atom stereocenters. The SMILES string of the molecule is C[C@@H]1CC(C)(C)C[C@@]2(C1)OCC[C@H](C)O2. The molecule has 2 fully saturated rings. The molecule has 1 saturated heterocycles. The van der Waals surface area contributed by atoms with Gasteiger partial charge in [0.2, 0.25) is 0 Å². The maximum Gasteiger partial charge on any atom is 0.169 e. The van der Waals surface area contributed by atoms with E-state index in [-0.39, 0.29) is 5.79 Å². The smallest absolute Gasteiger partial charge is 0.169 e. The lowest BCUT2D eigenvalue weighted by Gasteiger charge is -2.50. The van der Waals surface area contributed by atoms with Gasteiger partial charge in [-0.25, -0.2) is 0 Å². The van der Waals surface area contributed by atoms with Crippen LogP contribution in [0.3, 0.4) is 0 Å². The molecule has 0 aromatic heterocycles. The summed E-state index contributed by atoms with van der Waals surface area (Å²) in [6.07, 6.45) is 4.81. The van der Waals surface area contributed by atoms with Gasteiger partial charge in [-0.3, -0.25) is 0 Å². The first-order valence-electron chi connectivity index (χ1n) is 6.23. The topological polar surface area (TPSA) is 18.5 Å². The molecular weight excluding hydrogens is 188 g/mol. The zero-order valence-electron chi connectivity index (χ0n) is 10.5. The highest BCUT2D eigenvalue weighted by Gasteiger charge is 2.46. The van der Waals surface area contributed by atoms with Gasteiger partial charge in [0.05, 0.1) is 12.7 Å². The number of ether oxygens (including phenoxy) is 2. The van der Waals surface area contributed by atoms with Gasteiger partial charge in [0.25, 0.3) is 0 Å². The second-order valence-electron chi connectivity index (χ2n) is 6.33. The molecule has 1 aliphatic carbocycles. The van der Waals surface area contributed by atoms with Crippen LogP contribution in [0, 0.1) is 11.3 Å². The fourth-order valence-corrected chi connectivity index (χ4v) is 3.49. The Morgan fingerprint density at radius 3 is 2.47 bits per heavy atom. The summed E-state index contributed by atoms with van der Waals surface area (Å²) in [6, 6.07) is 0. The quantitative estimate of drug-likeness (QED) is 0.613. The average molecular weight is 212 g/mol. The van der Waals surface area contributed by atoms with Gasteiger partial charge in [-0.1, -0.05) is 20.8 Å². The van der Waals surface area contributed by atoms with Crippen molar-refractivity contribution in [2.24, 2.45) is 11.3 Å². The Kier molecular flexibility index (Phi) is 2.85. The van der Waals surface area contributed by atoms with Crippen LogP contribution in [0.1, 0.15) is 53.4 Å². The fourth-order valence-electron chi connectivity index (χ4n) is 3.49. The van der Waals surface area contributed by atoms with E-state index < -0.39 is 0 Å². The van der Waals surface area contributed by atoms with Crippen molar-refractivity contribution in [3.05, 3.63) is 0 Å². The largest absolute Gasteiger partial charge is 0.350 e. The van der Waals surface area contributed by atoms with Crippen molar-refractivity contribution < 1.29 is 9.47 Å². The summed E-state index contributed by atoms with van der Waals surface area (Å²) >= 11 is 0. The van der Waals surface area contributed by atoms with Crippen molar-refractivity contribution in [3.8, 4) is 0 Å². The summed E-state index contributed by atoms with van der Waals surface area (Å²) < 4.78 is 12.1. The van der Waals surface area contributed by atoms with Crippen LogP contribution in [0.15, 0.2) is 0 Å². The highest BCUT2D eigenvalue weighted by Crippen LogP contribution is 2.47. The third-order valence-electron chi connectivity index (χ3n) is 3.61. The van der Waals surface area contributed by atoms with E-state index in [0.717, 1.165) is 25.9 Å². The van der Waals surface area contributed by atoms with E-state index in [1.807, 2.05) is 0 Å². The molecule has 2 heteroatoms. The first-order valence-corrected chi connectivity index (χ1v) is 6.23. The van der Waals surface area contributed by atoms with Crippen LogP contribution in [0.4, 0.5) is 0 Å². The highest BCUT2D eigenvalue weighted by molar-refractivity contribution is 4.90. The Bertz CT molecular complexity index is 233. The lowest BCUT2D eigenvalue weighted by Crippen LogP contribution is -2.50. The third-order valence-corrected chi connectivity index (χ3v) is 3.61. The second kappa shape index (κ2) is 3.74. The molecule has 1 heterocycles. The molecule has 1 spiro atoms. The molecule has 88 valence electrons. The van der Waals surface area contributed by atoms with E-state index in [4.69, 9.17) is 9.47 Å². The summed E-state index contributed by atoms with van der Waals surface area (Å²) in [5.41, 5.74) is 0.356. The molecule has 2 rings (SSSR count). The van der Waals surface area contributed by atoms with E-state index in [9.17, 15) is 0 Å². The molecule has 2 aliphatic rings. The summed E-state index contributed by atoms with van der Waals surface area (Å²) in [4.78, 5) is 0. The molecule has 1 aliphatic heterocycles. The fraction of sp³-hybridized carbons (Fsp3) is 1.00. The van der Waals surface area contributed by atoms with E-state index in [2.05, 4.69) is 27.7 Å². The van der Waals surface area contributed by atoms with Crippen LogP contribution in [-0.4, -0.2) is 18.5 Å². The van der Waals surface area contributed by atoms with Crippen LogP contribution in [-0.2, 0) is 9.47 Å². The van der Waals surface area contributed by atoms with Gasteiger partial charge in [-0.15, -0.1) is 0 Å². The van der Waals surface area contributed by atoms with Crippen LogP contribution in [0.2, 0.25) is 0 Å². The van der Waals surface area contributed by atoms with Gasteiger partial charge in [0.15, 0.2) is 5.79 Å². The average Bonchev–Trinajstić information content (AvgIpc) is 1.97. The predicted molar refractivity (Wildman–Crippen MR) is 60.6 cm³/mol. The maximum atomic E-state index is 6.10. The molecule has 15 heavy (non-hydrogen) atoms. The molecular formula is C13H24O2. The Morgan fingerprint density at radius 1 is 1.13 bits per heavy atom. The summed E-state index contributed by atoms with van der Waals surface area (Å²) in [5, 5.41) is 0. The van der Waals surface area contributed by atoms with Crippen molar-refractivity contribution in [3.63, 3.8) is 0 Å². The zero-order valence-corrected chi connectivity index (χ0v) is 10.5. The van der Waals surface area contributed by atoms with Gasteiger partial charge in [0, 0.05) is 12.8 Å². The van der Waals surface area contributed by atoms with Gasteiger partial charge >= 0.3 is 0 Å². The Labute approximate surface area is 93.3 Å². The minimum absolute atomic E-state index is 0.265. The van der Waals surface area contributed by atoms with Gasteiger partial charge < -0.3 is 9.47 Å². The molecule has 3 atom stereocenters. The number of rotatable bonds is 0. The summed E-state index contributed by atoms with van der Waals surface area (Å²) in [7, 11) is 0. The molecule has 0 bridgehead atoms. The number of hydrogen-bond acceptors (Lipinski definition) is 2. The molecule has 0 N–H and O–H groups in total. The number of hydrogen-bond donors (Lipinski definition) is 0. The minimum atomic E-state index is -0.265. The molecule has 0 radical (unpaired) electrons. The molecule has 0 aromatic rings. The summed E-state index contributed by atoms with van der Waals surface area (Å²) in [5.74, 6) is 0.442. The second-order valence-corrected chi connectivity index (χ2v) is 6.33. The van der Waals surface area contributed by atoms with Crippen LogP contribution in [0.25, 0.3) is 0 Å². The molecule has 0 amide bonds. The standard InChI is InChI=1S/C13H24O2/c1-10-7-12(3,4)9-13(8-10)14-6-5-11(2)15-13/h10-11H,5-9H2,1-4H3/t10-,11+,13+/m1/s1. The summed E-state index contributed by atoms with van der Waals surface area (Å²) in [6.45, 7) is 10.0. The van der Waals surface area contributed by atoms with Gasteiger partial charge in [0.1, 0.15) is 0 Å². The Hall–Kier alpha value is -0.0800. The van der Waals surface area contributed by atoms with Gasteiger partial charge in [-0.2, -0.15) is 0 Å². The lowest BCUT2D eigenvalue weighted by atomic mass is 9.69. The lowest BCUT2D eigenvalue weighted by molar-refractivity contribution is -0.318. The predicted octanol–water partition coefficient (Wildman–Crippen LogP) is 3.35. The minimum Gasteiger partial charge on any atom is -0.350 e. The van der Waals surface area contributed by atoms with E-state index in [1.54, 1.807) is 0 Å². The van der Waals surface area contributed by atoms with E-state index in [1.165, 1.54) is 6.42 Å².